The zero-order valence-corrected chi connectivity index (χ0v) is 33.4. The molecule has 0 bridgehead atoms. The molecular weight excluding hydrogens is 761 g/mol. The van der Waals surface area contributed by atoms with E-state index in [-0.39, 0.29) is 18.9 Å². The van der Waals surface area contributed by atoms with Gasteiger partial charge in [-0.2, -0.15) is 5.06 Å². The number of nitrogens with zero attached hydrogens (tertiary/aromatic N) is 1. The summed E-state index contributed by atoms with van der Waals surface area (Å²) in [6.45, 7) is 0.441. The molecule has 0 saturated carbocycles. The van der Waals surface area contributed by atoms with E-state index in [0.717, 1.165) is 54.4 Å². The molecule has 57 heavy (non-hydrogen) atoms. The Bertz CT molecular complexity index is 2360. The van der Waals surface area contributed by atoms with Gasteiger partial charge in [-0.1, -0.05) is 72.8 Å². The lowest BCUT2D eigenvalue weighted by atomic mass is 9.78. The van der Waals surface area contributed by atoms with Gasteiger partial charge in [-0.15, -0.1) is 11.3 Å². The second-order valence-electron chi connectivity index (χ2n) is 14.2. The third kappa shape index (κ3) is 9.45. The van der Waals surface area contributed by atoms with Crippen LogP contribution in [-0.4, -0.2) is 58.0 Å². The van der Waals surface area contributed by atoms with E-state index in [0.29, 0.717) is 18.7 Å². The highest BCUT2D eigenvalue weighted by molar-refractivity contribution is 7.95. The summed E-state index contributed by atoms with van der Waals surface area (Å²) >= 11 is 1.76. The highest BCUT2D eigenvalue weighted by Crippen LogP contribution is 2.42. The second kappa shape index (κ2) is 17.9. The summed E-state index contributed by atoms with van der Waals surface area (Å²) in [7, 11) is -1.75. The molecule has 4 N–H and O–H groups in total. The zero-order valence-electron chi connectivity index (χ0n) is 31.7. The molecule has 4 amide bonds. The first-order chi connectivity index (χ1) is 27.6. The number of anilines is 1. The number of carbonyl (C=O) groups is 3. The Kier molecular flexibility index (Phi) is 12.5. The van der Waals surface area contributed by atoms with Gasteiger partial charge >= 0.3 is 6.03 Å². The largest absolute Gasteiger partial charge is 0.370 e. The summed E-state index contributed by atoms with van der Waals surface area (Å²) in [5.74, 6) is -0.898. The lowest BCUT2D eigenvalue weighted by Crippen LogP contribution is -2.46. The Labute approximate surface area is 337 Å². The minimum atomic E-state index is -3.29. The van der Waals surface area contributed by atoms with E-state index in [1.165, 1.54) is 68.1 Å². The maximum atomic E-state index is 13.2. The van der Waals surface area contributed by atoms with Gasteiger partial charge < -0.3 is 21.1 Å². The lowest BCUT2D eigenvalue weighted by Gasteiger charge is -2.29. The summed E-state index contributed by atoms with van der Waals surface area (Å²) in [6, 6.07) is 25.0. The van der Waals surface area contributed by atoms with E-state index >= 15 is 0 Å². The molecule has 13 heteroatoms. The van der Waals surface area contributed by atoms with Crippen molar-refractivity contribution >= 4 is 56.4 Å². The van der Waals surface area contributed by atoms with Gasteiger partial charge in [0.1, 0.15) is 0 Å². The lowest BCUT2D eigenvalue weighted by molar-refractivity contribution is -0.163. The first-order valence-electron chi connectivity index (χ1n) is 19.2. The number of nitrogens with two attached hydrogens (primary N) is 1. The van der Waals surface area contributed by atoms with E-state index < -0.39 is 33.3 Å². The number of primary amides is 1. The van der Waals surface area contributed by atoms with Crippen LogP contribution in [-0.2, 0) is 48.3 Å². The summed E-state index contributed by atoms with van der Waals surface area (Å²) in [6.07, 6.45) is 13.1. The molecule has 1 aromatic heterocycles. The van der Waals surface area contributed by atoms with Crippen LogP contribution in [0.2, 0.25) is 0 Å². The average Bonchev–Trinajstić information content (AvgIpc) is 3.73. The fourth-order valence-corrected chi connectivity index (χ4v) is 9.76. The Morgan fingerprint density at radius 3 is 2.53 bits per heavy atom. The highest BCUT2D eigenvalue weighted by Gasteiger charge is 2.27. The number of hydroxylamine groups is 1. The molecule has 2 unspecified atom stereocenters. The molecule has 8 rings (SSSR count). The van der Waals surface area contributed by atoms with Crippen molar-refractivity contribution in [2.24, 2.45) is 5.73 Å². The molecule has 296 valence electrons. The summed E-state index contributed by atoms with van der Waals surface area (Å²) in [4.78, 5) is 43.9. The maximum Gasteiger partial charge on any atom is 0.346 e. The molecule has 3 heterocycles. The first-order valence-corrected chi connectivity index (χ1v) is 21.6. The van der Waals surface area contributed by atoms with Crippen molar-refractivity contribution < 1.29 is 32.4 Å². The van der Waals surface area contributed by atoms with Crippen molar-refractivity contribution in [3.63, 3.8) is 0 Å². The number of allylic oxidation sites excluding steroid dienone is 3. The van der Waals surface area contributed by atoms with Crippen molar-refractivity contribution in [3.05, 3.63) is 124 Å². The SMILES string of the molecule is CNC(=O)CNC(=O)N(OC1CCCCO1)c1cccc(-c2ccc(C3=Cc4ccc5c(c4CC3)CCc3ccccc3-5)s2)c1.NC(=O)CC1C=CC=CS1(=O)=O. The Hall–Kier alpha value is -5.34. The molecule has 2 atom stereocenters. The number of nitrogens with one attached hydrogen (secondary N) is 2. The Balaban J connectivity index is 0.000000356. The molecule has 3 aromatic carbocycles. The van der Waals surface area contributed by atoms with Gasteiger partial charge in [0.25, 0.3) is 0 Å². The van der Waals surface area contributed by atoms with Gasteiger partial charge in [0.15, 0.2) is 16.1 Å². The molecule has 11 nitrogen and oxygen atoms in total. The molecule has 2 aliphatic carbocycles. The second-order valence-corrected chi connectivity index (χ2v) is 17.4. The number of amides is 4. The molecular formula is C44H46N4O7S2. The van der Waals surface area contributed by atoms with Crippen molar-refractivity contribution in [1.29, 1.82) is 0 Å². The number of hydrogen-bond donors (Lipinski definition) is 3. The summed E-state index contributed by atoms with van der Waals surface area (Å²) in [5.41, 5.74) is 16.4. The molecule has 4 aromatic rings. The van der Waals surface area contributed by atoms with E-state index in [1.54, 1.807) is 17.4 Å². The van der Waals surface area contributed by atoms with E-state index in [1.807, 2.05) is 24.3 Å². The average molecular weight is 807 g/mol. The predicted octanol–water partition coefficient (Wildman–Crippen LogP) is 7.12. The van der Waals surface area contributed by atoms with Gasteiger partial charge in [-0.05, 0) is 107 Å². The third-order valence-electron chi connectivity index (χ3n) is 10.4. The van der Waals surface area contributed by atoms with Crippen LogP contribution in [0.1, 0.15) is 59.2 Å². The van der Waals surface area contributed by atoms with Crippen molar-refractivity contribution in [2.75, 3.05) is 25.3 Å². The molecule has 1 saturated heterocycles. The number of benzene rings is 3. The third-order valence-corrected chi connectivity index (χ3v) is 13.3. The smallest absolute Gasteiger partial charge is 0.346 e. The van der Waals surface area contributed by atoms with Gasteiger partial charge in [0, 0.05) is 41.7 Å². The van der Waals surface area contributed by atoms with Crippen LogP contribution in [0.15, 0.2) is 96.4 Å². The first kappa shape index (κ1) is 39.9. The number of urea groups is 1. The minimum Gasteiger partial charge on any atom is -0.370 e. The summed E-state index contributed by atoms with van der Waals surface area (Å²) in [5, 5.41) is 6.70. The quantitative estimate of drug-likeness (QED) is 0.152. The number of carbonyl (C=O) groups excluding carboxylic acids is 3. The standard InChI is InChI=1S/C37H37N3O4S.C7H9NO3S/c1-38-35(41)23-39-37(42)40(44-36-11-4-5-20-43-36)28-9-6-8-26(22-28)33-18-19-34(45-33)27-14-15-30-25(21-27)13-17-31-29-10-3-2-7-24(29)12-16-32(30)31;8-7(9)5-6-3-1-2-4-12(6,10)11/h2-3,6-10,13,17-19,21-22,36H,4-5,11-12,14-16,20,23H2,1H3,(H,38,41)(H,39,42);1-4,6H,5H2,(H2,8,9). The fraction of sp³-hybridized carbons (Fsp3) is 0.295. The number of likely N-dealkylation sites (N-methyl/N-ethyl adjacent to an activating group) is 1. The fourth-order valence-electron chi connectivity index (χ4n) is 7.49. The molecule has 4 aliphatic rings. The van der Waals surface area contributed by atoms with Crippen LogP contribution in [0, 0.1) is 0 Å². The topological polar surface area (TPSA) is 157 Å². The molecule has 0 radical (unpaired) electrons. The van der Waals surface area contributed by atoms with Gasteiger partial charge in [-0.3, -0.25) is 9.59 Å². The number of ether oxygens (including phenoxy) is 1. The van der Waals surface area contributed by atoms with Crippen LogP contribution in [0.4, 0.5) is 10.5 Å². The molecule has 1 fully saturated rings. The minimum absolute atomic E-state index is 0.150. The number of fused-ring (bicyclic) bond motifs is 5. The van der Waals surface area contributed by atoms with Crippen LogP contribution in [0.5, 0.6) is 0 Å². The van der Waals surface area contributed by atoms with E-state index in [9.17, 15) is 22.8 Å². The number of rotatable bonds is 9. The number of thiophene rings is 1. The number of sulfone groups is 1. The van der Waals surface area contributed by atoms with Crippen LogP contribution in [0.25, 0.3) is 33.2 Å². The van der Waals surface area contributed by atoms with E-state index in [2.05, 4.69) is 65.2 Å². The Morgan fingerprint density at radius 1 is 0.912 bits per heavy atom. The predicted molar refractivity (Wildman–Crippen MR) is 225 cm³/mol. The van der Waals surface area contributed by atoms with Gasteiger partial charge in [0.2, 0.25) is 11.8 Å². The maximum absolute atomic E-state index is 13.2. The summed E-state index contributed by atoms with van der Waals surface area (Å²) < 4.78 is 28.1. The van der Waals surface area contributed by atoms with Gasteiger partial charge in [0.05, 0.1) is 17.5 Å². The number of aryl methyl sites for hydroxylation is 1. The number of hydrogen-bond acceptors (Lipinski definition) is 8. The van der Waals surface area contributed by atoms with Gasteiger partial charge in [-0.25, -0.2) is 18.0 Å². The highest BCUT2D eigenvalue weighted by atomic mass is 32.2. The normalized spacial score (nSPS) is 18.7. The van der Waals surface area contributed by atoms with E-state index in [4.69, 9.17) is 15.3 Å². The molecule has 2 aliphatic heterocycles. The Morgan fingerprint density at radius 2 is 1.74 bits per heavy atom. The zero-order chi connectivity index (χ0) is 39.9. The van der Waals surface area contributed by atoms with Crippen molar-refractivity contribution in [3.8, 4) is 21.6 Å². The van der Waals surface area contributed by atoms with Crippen LogP contribution in [0.3, 0.4) is 0 Å². The van der Waals surface area contributed by atoms with Crippen molar-refractivity contribution in [2.45, 2.75) is 62.9 Å². The van der Waals surface area contributed by atoms with Crippen molar-refractivity contribution in [1.82, 2.24) is 10.6 Å². The monoisotopic (exact) mass is 806 g/mol. The van der Waals surface area contributed by atoms with Crippen LogP contribution >= 0.6 is 11.3 Å². The molecule has 0 spiro atoms. The van der Waals surface area contributed by atoms with Crippen LogP contribution < -0.4 is 21.4 Å².